The lowest BCUT2D eigenvalue weighted by atomic mass is 9.71. The molecule has 3 N–H and O–H groups in total. The summed E-state index contributed by atoms with van der Waals surface area (Å²) in [6, 6.07) is 4.08. The number of nitrogens with two attached hydrogens (primary N) is 1. The number of nitrogen functional groups attached to an aromatic ring is 1. The fourth-order valence-electron chi connectivity index (χ4n) is 3.61. The zero-order chi connectivity index (χ0) is 15.0. The number of anilines is 1. The van der Waals surface area contributed by atoms with E-state index < -0.39 is 11.4 Å². The second kappa shape index (κ2) is 5.30. The smallest absolute Gasteiger partial charge is 0.253 e. The Morgan fingerprint density at radius 1 is 1.38 bits per heavy atom. The lowest BCUT2D eigenvalue weighted by molar-refractivity contribution is -0.0886. The average Bonchev–Trinajstić information content (AvgIpc) is 2.48. The zero-order valence-electron chi connectivity index (χ0n) is 12.0. The van der Waals surface area contributed by atoms with Crippen molar-refractivity contribution < 1.29 is 14.3 Å². The van der Waals surface area contributed by atoms with Crippen molar-refractivity contribution in [3.05, 3.63) is 29.6 Å². The third-order valence-corrected chi connectivity index (χ3v) is 4.96. The molecular formula is C16H21FN2O2. The van der Waals surface area contributed by atoms with Crippen LogP contribution in [0.4, 0.5) is 10.1 Å². The van der Waals surface area contributed by atoms with Gasteiger partial charge in [-0.15, -0.1) is 0 Å². The number of benzene rings is 1. The Morgan fingerprint density at radius 3 is 2.95 bits per heavy atom. The maximum Gasteiger partial charge on any atom is 0.253 e. The van der Waals surface area contributed by atoms with Crippen molar-refractivity contribution in [1.82, 2.24) is 4.90 Å². The Hall–Kier alpha value is -1.62. The monoisotopic (exact) mass is 292 g/mol. The molecule has 1 aromatic rings. The highest BCUT2D eigenvalue weighted by Crippen LogP contribution is 2.40. The van der Waals surface area contributed by atoms with Crippen LogP contribution in [0.15, 0.2) is 18.2 Å². The van der Waals surface area contributed by atoms with Gasteiger partial charge in [0.25, 0.3) is 5.91 Å². The van der Waals surface area contributed by atoms with E-state index in [0.717, 1.165) is 25.7 Å². The van der Waals surface area contributed by atoms with Gasteiger partial charge in [0.15, 0.2) is 0 Å². The molecule has 1 heterocycles. The number of aliphatic hydroxyl groups is 1. The SMILES string of the molecule is Nc1cc(C(=O)N2CCC3(O)CCCCC3C2)ccc1F. The molecule has 1 aliphatic carbocycles. The van der Waals surface area contributed by atoms with E-state index in [1.165, 1.54) is 18.2 Å². The summed E-state index contributed by atoms with van der Waals surface area (Å²) >= 11 is 0. The molecular weight excluding hydrogens is 271 g/mol. The van der Waals surface area contributed by atoms with Crippen LogP contribution in [0.5, 0.6) is 0 Å². The zero-order valence-corrected chi connectivity index (χ0v) is 12.0. The number of nitrogens with zero attached hydrogens (tertiary/aromatic N) is 1. The van der Waals surface area contributed by atoms with Gasteiger partial charge in [0.2, 0.25) is 0 Å². The van der Waals surface area contributed by atoms with Gasteiger partial charge in [-0.05, 0) is 37.5 Å². The van der Waals surface area contributed by atoms with Crippen molar-refractivity contribution in [3.63, 3.8) is 0 Å². The van der Waals surface area contributed by atoms with Crippen molar-refractivity contribution in [2.24, 2.45) is 5.92 Å². The summed E-state index contributed by atoms with van der Waals surface area (Å²) in [5.41, 5.74) is 5.33. The molecule has 0 aromatic heterocycles. The molecule has 1 saturated heterocycles. The second-order valence-corrected chi connectivity index (χ2v) is 6.28. The number of carbonyl (C=O) groups is 1. The van der Waals surface area contributed by atoms with Gasteiger partial charge in [-0.2, -0.15) is 0 Å². The second-order valence-electron chi connectivity index (χ2n) is 6.28. The first-order valence-electron chi connectivity index (χ1n) is 7.56. The number of piperidine rings is 1. The molecule has 0 spiro atoms. The highest BCUT2D eigenvalue weighted by Gasteiger charge is 2.43. The predicted octanol–water partition coefficient (Wildman–Crippen LogP) is 2.18. The van der Waals surface area contributed by atoms with E-state index in [1.807, 2.05) is 0 Å². The summed E-state index contributed by atoms with van der Waals surface area (Å²) in [5.74, 6) is -0.483. The minimum Gasteiger partial charge on any atom is -0.396 e. The number of likely N-dealkylation sites (tertiary alicyclic amines) is 1. The Morgan fingerprint density at radius 2 is 2.19 bits per heavy atom. The molecule has 5 heteroatoms. The molecule has 1 aliphatic heterocycles. The van der Waals surface area contributed by atoms with E-state index in [0.29, 0.717) is 25.1 Å². The summed E-state index contributed by atoms with van der Waals surface area (Å²) in [7, 11) is 0. The number of fused-ring (bicyclic) bond motifs is 1. The summed E-state index contributed by atoms with van der Waals surface area (Å²) in [6.07, 6.45) is 4.60. The maximum atomic E-state index is 13.2. The molecule has 0 radical (unpaired) electrons. The quantitative estimate of drug-likeness (QED) is 0.780. The number of amides is 1. The van der Waals surface area contributed by atoms with Crippen LogP contribution in [0.1, 0.15) is 42.5 Å². The van der Waals surface area contributed by atoms with Crippen LogP contribution in [0.25, 0.3) is 0 Å². The van der Waals surface area contributed by atoms with Crippen LogP contribution < -0.4 is 5.73 Å². The van der Waals surface area contributed by atoms with Gasteiger partial charge >= 0.3 is 0 Å². The van der Waals surface area contributed by atoms with E-state index >= 15 is 0 Å². The first kappa shape index (κ1) is 14.3. The molecule has 2 unspecified atom stereocenters. The summed E-state index contributed by atoms with van der Waals surface area (Å²) in [5, 5.41) is 10.6. The molecule has 2 fully saturated rings. The number of carbonyl (C=O) groups excluding carboxylic acids is 1. The van der Waals surface area contributed by atoms with E-state index in [2.05, 4.69) is 0 Å². The van der Waals surface area contributed by atoms with Gasteiger partial charge in [0.1, 0.15) is 5.82 Å². The Bertz CT molecular complexity index is 563. The van der Waals surface area contributed by atoms with E-state index in [9.17, 15) is 14.3 Å². The van der Waals surface area contributed by atoms with E-state index in [-0.39, 0.29) is 17.5 Å². The molecule has 1 saturated carbocycles. The van der Waals surface area contributed by atoms with Crippen molar-refractivity contribution in [1.29, 1.82) is 0 Å². The fraction of sp³-hybridized carbons (Fsp3) is 0.562. The molecule has 0 bridgehead atoms. The fourth-order valence-corrected chi connectivity index (χ4v) is 3.61. The van der Waals surface area contributed by atoms with E-state index in [1.54, 1.807) is 4.90 Å². The van der Waals surface area contributed by atoms with E-state index in [4.69, 9.17) is 5.73 Å². The van der Waals surface area contributed by atoms with Crippen molar-refractivity contribution in [2.45, 2.75) is 37.7 Å². The van der Waals surface area contributed by atoms with Gasteiger partial charge < -0.3 is 15.7 Å². The van der Waals surface area contributed by atoms with Gasteiger partial charge in [-0.1, -0.05) is 12.8 Å². The highest BCUT2D eigenvalue weighted by atomic mass is 19.1. The Balaban J connectivity index is 1.75. The molecule has 114 valence electrons. The average molecular weight is 292 g/mol. The minimum atomic E-state index is -0.600. The van der Waals surface area contributed by atoms with Crippen molar-refractivity contribution in [3.8, 4) is 0 Å². The lowest BCUT2D eigenvalue weighted by Gasteiger charge is -2.47. The van der Waals surface area contributed by atoms with Gasteiger partial charge in [0.05, 0.1) is 11.3 Å². The van der Waals surface area contributed by atoms with Crippen LogP contribution in [-0.4, -0.2) is 34.6 Å². The lowest BCUT2D eigenvalue weighted by Crippen LogP contribution is -2.54. The molecule has 1 aromatic carbocycles. The number of hydrogen-bond donors (Lipinski definition) is 2. The predicted molar refractivity (Wildman–Crippen MR) is 78.2 cm³/mol. The Labute approximate surface area is 123 Å². The normalized spacial score (nSPS) is 29.0. The van der Waals surface area contributed by atoms with Crippen LogP contribution in [0, 0.1) is 11.7 Å². The third kappa shape index (κ3) is 2.62. The number of rotatable bonds is 1. The minimum absolute atomic E-state index is 0.00738. The van der Waals surface area contributed by atoms with Crippen LogP contribution in [0.2, 0.25) is 0 Å². The largest absolute Gasteiger partial charge is 0.396 e. The van der Waals surface area contributed by atoms with Gasteiger partial charge in [-0.25, -0.2) is 4.39 Å². The van der Waals surface area contributed by atoms with Gasteiger partial charge in [0, 0.05) is 24.6 Å². The van der Waals surface area contributed by atoms with Crippen molar-refractivity contribution >= 4 is 11.6 Å². The molecule has 21 heavy (non-hydrogen) atoms. The summed E-state index contributed by atoms with van der Waals surface area (Å²) in [4.78, 5) is 14.3. The van der Waals surface area contributed by atoms with Crippen LogP contribution >= 0.6 is 0 Å². The van der Waals surface area contributed by atoms with Crippen LogP contribution in [-0.2, 0) is 0 Å². The standard InChI is InChI=1S/C16H21FN2O2/c17-13-5-4-11(9-14(13)18)15(20)19-8-7-16(21)6-2-1-3-12(16)10-19/h4-5,9,12,21H,1-3,6-8,10,18H2. The topological polar surface area (TPSA) is 66.6 Å². The summed E-state index contributed by atoms with van der Waals surface area (Å²) in [6.45, 7) is 1.12. The molecule has 2 aliphatic rings. The van der Waals surface area contributed by atoms with Gasteiger partial charge in [-0.3, -0.25) is 4.79 Å². The summed E-state index contributed by atoms with van der Waals surface area (Å²) < 4.78 is 13.2. The third-order valence-electron chi connectivity index (χ3n) is 4.96. The molecule has 2 atom stereocenters. The maximum absolute atomic E-state index is 13.2. The molecule has 1 amide bonds. The molecule has 4 nitrogen and oxygen atoms in total. The number of hydrogen-bond acceptors (Lipinski definition) is 3. The highest BCUT2D eigenvalue weighted by molar-refractivity contribution is 5.95. The first-order chi connectivity index (χ1) is 9.99. The molecule has 3 rings (SSSR count). The first-order valence-corrected chi connectivity index (χ1v) is 7.56. The van der Waals surface area contributed by atoms with Crippen molar-refractivity contribution in [2.75, 3.05) is 18.8 Å². The van der Waals surface area contributed by atoms with Crippen LogP contribution in [0.3, 0.4) is 0 Å². The Kier molecular flexibility index (Phi) is 3.61. The number of halogens is 1.